The summed E-state index contributed by atoms with van der Waals surface area (Å²) in [5.41, 5.74) is 4.09. The summed E-state index contributed by atoms with van der Waals surface area (Å²) in [6.07, 6.45) is 3.79. The fourth-order valence-corrected chi connectivity index (χ4v) is 5.07. The van der Waals surface area contributed by atoms with Crippen LogP contribution in [-0.2, 0) is 11.4 Å². The van der Waals surface area contributed by atoms with Gasteiger partial charge >= 0.3 is 0 Å². The highest BCUT2D eigenvalue weighted by atomic mass is 16.6. The molecule has 37 heavy (non-hydrogen) atoms. The average molecular weight is 500 g/mol. The quantitative estimate of drug-likeness (QED) is 0.417. The van der Waals surface area contributed by atoms with E-state index in [-0.39, 0.29) is 12.0 Å². The van der Waals surface area contributed by atoms with Crippen molar-refractivity contribution >= 4 is 11.8 Å². The molecule has 3 aromatic rings. The van der Waals surface area contributed by atoms with Crippen LogP contribution in [0.15, 0.2) is 65.8 Å². The molecule has 0 unspecified atom stereocenters. The van der Waals surface area contributed by atoms with Crippen molar-refractivity contribution in [1.82, 2.24) is 0 Å². The summed E-state index contributed by atoms with van der Waals surface area (Å²) in [7, 11) is 3.23. The van der Waals surface area contributed by atoms with Crippen LogP contribution >= 0.6 is 0 Å². The second-order valence-corrected chi connectivity index (χ2v) is 9.82. The Labute approximate surface area is 216 Å². The van der Waals surface area contributed by atoms with Crippen LogP contribution in [0.2, 0.25) is 0 Å². The van der Waals surface area contributed by atoms with Crippen LogP contribution in [0.5, 0.6) is 28.7 Å². The Morgan fingerprint density at radius 2 is 1.76 bits per heavy atom. The number of hydrogen-bond acceptors (Lipinski definition) is 7. The summed E-state index contributed by atoms with van der Waals surface area (Å²) in [4.78, 5) is 5.95. The number of hydrogen-bond donors (Lipinski definition) is 0. The maximum atomic E-state index is 6.62. The zero-order valence-corrected chi connectivity index (χ0v) is 21.3. The van der Waals surface area contributed by atoms with Crippen molar-refractivity contribution in [3.8, 4) is 28.7 Å². The Morgan fingerprint density at radius 1 is 0.973 bits per heavy atom. The van der Waals surface area contributed by atoms with Gasteiger partial charge in [0.05, 0.1) is 25.7 Å². The van der Waals surface area contributed by atoms with Crippen molar-refractivity contribution < 1.29 is 28.5 Å². The molecule has 0 spiro atoms. The average Bonchev–Trinajstić information content (AvgIpc) is 2.91. The summed E-state index contributed by atoms with van der Waals surface area (Å²) in [6, 6.07) is 17.8. The van der Waals surface area contributed by atoms with E-state index < -0.39 is 5.60 Å². The molecule has 0 aliphatic carbocycles. The minimum atomic E-state index is -0.392. The smallest absolute Gasteiger partial charge is 0.164 e. The molecule has 0 radical (unpaired) electrons. The maximum Gasteiger partial charge on any atom is 0.164 e. The molecule has 0 fully saturated rings. The summed E-state index contributed by atoms with van der Waals surface area (Å²) in [5.74, 6) is 3.21. The van der Waals surface area contributed by atoms with Crippen molar-refractivity contribution in [2.45, 2.75) is 38.1 Å². The SMILES string of the molecule is COc1cc2c(cc1OC)[C@@H]1/C(=N/OCc3ccccc3)c3ccc4c(c3O[C@@H]1CO2)C=CC(C)(C)O4. The zero-order chi connectivity index (χ0) is 25.6. The maximum absolute atomic E-state index is 6.62. The largest absolute Gasteiger partial charge is 0.493 e. The summed E-state index contributed by atoms with van der Waals surface area (Å²) in [6.45, 7) is 4.76. The molecule has 0 aromatic heterocycles. The summed E-state index contributed by atoms with van der Waals surface area (Å²) in [5, 5.41) is 4.72. The third kappa shape index (κ3) is 4.14. The summed E-state index contributed by atoms with van der Waals surface area (Å²) < 4.78 is 30.1. The lowest BCUT2D eigenvalue weighted by atomic mass is 9.80. The molecule has 0 saturated heterocycles. The minimum Gasteiger partial charge on any atom is -0.493 e. The van der Waals surface area contributed by atoms with Crippen LogP contribution in [-0.4, -0.2) is 38.2 Å². The predicted octanol–water partition coefficient (Wildman–Crippen LogP) is 5.75. The molecule has 3 aliphatic rings. The molecule has 3 heterocycles. The lowest BCUT2D eigenvalue weighted by Gasteiger charge is -2.40. The Balaban J connectivity index is 1.47. The van der Waals surface area contributed by atoms with Gasteiger partial charge in [0.2, 0.25) is 0 Å². The van der Waals surface area contributed by atoms with Crippen LogP contribution in [0.3, 0.4) is 0 Å². The van der Waals surface area contributed by atoms with E-state index in [0.717, 1.165) is 39.5 Å². The number of methoxy groups -OCH3 is 2. The van der Waals surface area contributed by atoms with E-state index in [4.69, 9.17) is 33.7 Å². The molecular weight excluding hydrogens is 470 g/mol. The van der Waals surface area contributed by atoms with E-state index >= 15 is 0 Å². The lowest BCUT2D eigenvalue weighted by Crippen LogP contribution is -2.43. The number of rotatable bonds is 5. The van der Waals surface area contributed by atoms with Crippen LogP contribution in [0, 0.1) is 0 Å². The Morgan fingerprint density at radius 3 is 2.54 bits per heavy atom. The second kappa shape index (κ2) is 9.07. The van der Waals surface area contributed by atoms with Crippen LogP contribution in [0.25, 0.3) is 6.08 Å². The third-order valence-corrected chi connectivity index (χ3v) is 6.88. The second-order valence-electron chi connectivity index (χ2n) is 9.82. The van der Waals surface area contributed by atoms with Crippen molar-refractivity contribution in [3.63, 3.8) is 0 Å². The highest BCUT2D eigenvalue weighted by Gasteiger charge is 2.44. The van der Waals surface area contributed by atoms with Crippen LogP contribution in [0.4, 0.5) is 0 Å². The van der Waals surface area contributed by atoms with E-state index in [1.807, 2.05) is 74.5 Å². The van der Waals surface area contributed by atoms with Crippen LogP contribution in [0.1, 0.15) is 42.0 Å². The van der Waals surface area contributed by atoms with E-state index in [2.05, 4.69) is 6.08 Å². The number of nitrogens with zero attached hydrogens (tertiary/aromatic N) is 1. The molecule has 6 rings (SSSR count). The van der Waals surface area contributed by atoms with Gasteiger partial charge in [0.25, 0.3) is 0 Å². The van der Waals surface area contributed by atoms with Gasteiger partial charge in [-0.25, -0.2) is 0 Å². The molecule has 0 N–H and O–H groups in total. The first-order valence-electron chi connectivity index (χ1n) is 12.3. The zero-order valence-electron chi connectivity index (χ0n) is 21.3. The van der Waals surface area contributed by atoms with Crippen molar-refractivity contribution in [3.05, 3.63) is 82.9 Å². The van der Waals surface area contributed by atoms with Gasteiger partial charge in [-0.05, 0) is 49.8 Å². The number of oxime groups is 1. The topological polar surface area (TPSA) is 67.7 Å². The Kier molecular flexibility index (Phi) is 5.71. The molecular formula is C30H29NO6. The first-order valence-corrected chi connectivity index (χ1v) is 12.3. The van der Waals surface area contributed by atoms with Gasteiger partial charge in [0.1, 0.15) is 47.9 Å². The fourth-order valence-electron chi connectivity index (χ4n) is 5.07. The van der Waals surface area contributed by atoms with Gasteiger partial charge in [-0.15, -0.1) is 0 Å². The van der Waals surface area contributed by atoms with Crippen molar-refractivity contribution in [2.75, 3.05) is 20.8 Å². The van der Waals surface area contributed by atoms with E-state index in [0.29, 0.717) is 30.5 Å². The first kappa shape index (κ1) is 23.3. The first-order chi connectivity index (χ1) is 18.0. The highest BCUT2D eigenvalue weighted by molar-refractivity contribution is 6.09. The van der Waals surface area contributed by atoms with Gasteiger partial charge in [0.15, 0.2) is 11.5 Å². The number of benzene rings is 3. The van der Waals surface area contributed by atoms with Gasteiger partial charge in [-0.3, -0.25) is 0 Å². The Bertz CT molecular complexity index is 1390. The molecule has 2 atom stereocenters. The molecule has 190 valence electrons. The number of ether oxygens (including phenoxy) is 5. The molecule has 0 amide bonds. The molecule has 7 heteroatoms. The highest BCUT2D eigenvalue weighted by Crippen LogP contribution is 2.50. The van der Waals surface area contributed by atoms with E-state index in [1.54, 1.807) is 14.2 Å². The van der Waals surface area contributed by atoms with Gasteiger partial charge in [-0.2, -0.15) is 0 Å². The number of fused-ring (bicyclic) bond motifs is 6. The van der Waals surface area contributed by atoms with Gasteiger partial charge in [-0.1, -0.05) is 35.5 Å². The Hall–Kier alpha value is -4.13. The monoisotopic (exact) mass is 499 g/mol. The minimum absolute atomic E-state index is 0.227. The van der Waals surface area contributed by atoms with Crippen molar-refractivity contribution in [2.24, 2.45) is 5.16 Å². The van der Waals surface area contributed by atoms with E-state index in [9.17, 15) is 0 Å². The predicted molar refractivity (Wildman–Crippen MR) is 140 cm³/mol. The normalized spacial score (nSPS) is 21.2. The molecule has 7 nitrogen and oxygen atoms in total. The lowest BCUT2D eigenvalue weighted by molar-refractivity contribution is 0.0897. The summed E-state index contributed by atoms with van der Waals surface area (Å²) >= 11 is 0. The fraction of sp³-hybridized carbons (Fsp3) is 0.300. The van der Waals surface area contributed by atoms with Gasteiger partial charge in [0, 0.05) is 17.2 Å². The van der Waals surface area contributed by atoms with Gasteiger partial charge < -0.3 is 28.5 Å². The van der Waals surface area contributed by atoms with Crippen molar-refractivity contribution in [1.29, 1.82) is 0 Å². The standard InChI is InChI=1S/C30H29NO6/c1-30(2)13-12-19-22(37-30)11-10-20-28(31-35-16-18-8-6-5-7-9-18)27-21-14-24(32-3)25(33-4)15-23(21)34-17-26(27)36-29(19)20/h5-15,26-27H,16-17H2,1-4H3/b31-28+/t26-,27+/m1/s1. The molecule has 3 aliphatic heterocycles. The molecule has 3 aromatic carbocycles. The van der Waals surface area contributed by atoms with E-state index in [1.165, 1.54) is 0 Å². The molecule has 0 bridgehead atoms. The third-order valence-electron chi connectivity index (χ3n) is 6.88. The van der Waals surface area contributed by atoms with Crippen LogP contribution < -0.4 is 23.7 Å². The molecule has 0 saturated carbocycles.